The maximum atomic E-state index is 3.59. The van der Waals surface area contributed by atoms with E-state index in [4.69, 9.17) is 0 Å². The molecule has 0 atom stereocenters. The van der Waals surface area contributed by atoms with Crippen molar-refractivity contribution in [2.75, 3.05) is 0 Å². The third-order valence-corrected chi connectivity index (χ3v) is 1.02. The maximum Gasteiger partial charge on any atom is 0.00915 e. The van der Waals surface area contributed by atoms with Crippen molar-refractivity contribution in [2.24, 2.45) is 0 Å². The first-order chi connectivity index (χ1) is 4.41. The fourth-order valence-electron chi connectivity index (χ4n) is 0.551. The van der Waals surface area contributed by atoms with Crippen LogP contribution in [-0.4, -0.2) is 0 Å². The Morgan fingerprint density at radius 2 is 2.33 bits per heavy atom. The van der Waals surface area contributed by atoms with Crippen molar-refractivity contribution < 1.29 is 0 Å². The van der Waals surface area contributed by atoms with Crippen LogP contribution in [0.5, 0.6) is 0 Å². The van der Waals surface area contributed by atoms with E-state index < -0.39 is 0 Å². The van der Waals surface area contributed by atoms with Gasteiger partial charge in [0, 0.05) is 6.42 Å². The van der Waals surface area contributed by atoms with Gasteiger partial charge in [0.05, 0.1) is 0 Å². The van der Waals surface area contributed by atoms with Crippen LogP contribution in [0.1, 0.15) is 26.2 Å². The van der Waals surface area contributed by atoms with Gasteiger partial charge < -0.3 is 0 Å². The number of unbranched alkanes of at least 4 members (excludes halogenated alkanes) is 2. The van der Waals surface area contributed by atoms with E-state index in [1.165, 1.54) is 0 Å². The van der Waals surface area contributed by atoms with Gasteiger partial charge >= 0.3 is 0 Å². The minimum atomic E-state index is 1.01. The summed E-state index contributed by atoms with van der Waals surface area (Å²) in [6.07, 6.45) is 7.18. The normalized spacial score (nSPS) is 9.11. The Hall–Kier alpha value is -0.700. The van der Waals surface area contributed by atoms with Crippen LogP contribution in [0.2, 0.25) is 0 Å². The van der Waals surface area contributed by atoms with E-state index >= 15 is 0 Å². The van der Waals surface area contributed by atoms with Gasteiger partial charge in [0.25, 0.3) is 0 Å². The SMILES string of the molecule is [CH2]C=CCCCC#CC. The summed E-state index contributed by atoms with van der Waals surface area (Å²) in [5.41, 5.74) is 0. The third-order valence-electron chi connectivity index (χ3n) is 1.02. The van der Waals surface area contributed by atoms with Crippen LogP contribution in [-0.2, 0) is 0 Å². The molecule has 0 saturated carbocycles. The molecule has 0 heteroatoms. The molecule has 0 nitrogen and oxygen atoms in total. The molecule has 1 radical (unpaired) electrons. The standard InChI is InChI=1S/C9H13/c1-3-5-7-9-8-6-4-2/h3,5H,1,7-9H2,2H3. The first-order valence-electron chi connectivity index (χ1n) is 3.25. The van der Waals surface area contributed by atoms with E-state index in [9.17, 15) is 0 Å². The summed E-state index contributed by atoms with van der Waals surface area (Å²) in [4.78, 5) is 0. The second-order valence-electron chi connectivity index (χ2n) is 1.79. The lowest BCUT2D eigenvalue weighted by molar-refractivity contribution is 0.885. The molecule has 0 saturated heterocycles. The van der Waals surface area contributed by atoms with Gasteiger partial charge in [0.2, 0.25) is 0 Å². The Balaban J connectivity index is 2.97. The zero-order chi connectivity index (χ0) is 6.95. The largest absolute Gasteiger partial charge is 0.107 e. The van der Waals surface area contributed by atoms with E-state index in [0.717, 1.165) is 19.3 Å². The Labute approximate surface area is 58.0 Å². The van der Waals surface area contributed by atoms with Crippen LogP contribution in [0.3, 0.4) is 0 Å². The van der Waals surface area contributed by atoms with Crippen molar-refractivity contribution in [1.82, 2.24) is 0 Å². The topological polar surface area (TPSA) is 0 Å². The highest BCUT2D eigenvalue weighted by atomic mass is 13.8. The quantitative estimate of drug-likeness (QED) is 0.397. The van der Waals surface area contributed by atoms with Gasteiger partial charge in [-0.05, 0) is 26.7 Å². The Morgan fingerprint density at radius 1 is 1.56 bits per heavy atom. The highest BCUT2D eigenvalue weighted by Gasteiger charge is 1.76. The van der Waals surface area contributed by atoms with E-state index in [1.807, 2.05) is 13.0 Å². The van der Waals surface area contributed by atoms with Crippen molar-refractivity contribution >= 4 is 0 Å². The number of hydrogen-bond donors (Lipinski definition) is 0. The van der Waals surface area contributed by atoms with E-state index in [-0.39, 0.29) is 0 Å². The van der Waals surface area contributed by atoms with Crippen LogP contribution in [0.15, 0.2) is 12.2 Å². The number of rotatable bonds is 3. The molecule has 0 fully saturated rings. The molecular formula is C9H13. The summed E-state index contributed by atoms with van der Waals surface area (Å²) >= 11 is 0. The smallest absolute Gasteiger partial charge is 0.00915 e. The fourth-order valence-corrected chi connectivity index (χ4v) is 0.551. The molecule has 0 aliphatic rings. The predicted molar refractivity (Wildman–Crippen MR) is 41.8 cm³/mol. The number of allylic oxidation sites excluding steroid dienone is 2. The summed E-state index contributed by atoms with van der Waals surface area (Å²) in [6, 6.07) is 0. The first-order valence-corrected chi connectivity index (χ1v) is 3.25. The van der Waals surface area contributed by atoms with Crippen LogP contribution in [0, 0.1) is 18.8 Å². The summed E-state index contributed by atoms with van der Waals surface area (Å²) < 4.78 is 0. The van der Waals surface area contributed by atoms with Crippen molar-refractivity contribution in [3.05, 3.63) is 19.1 Å². The Kier molecular flexibility index (Phi) is 6.73. The summed E-state index contributed by atoms with van der Waals surface area (Å²) in [7, 11) is 0. The predicted octanol–water partition coefficient (Wildman–Crippen LogP) is 2.57. The van der Waals surface area contributed by atoms with Crippen molar-refractivity contribution in [3.63, 3.8) is 0 Å². The highest BCUT2D eigenvalue weighted by Crippen LogP contribution is 1.93. The molecule has 0 rings (SSSR count). The molecule has 0 bridgehead atoms. The third kappa shape index (κ3) is 7.30. The lowest BCUT2D eigenvalue weighted by Crippen LogP contribution is -1.67. The van der Waals surface area contributed by atoms with Crippen LogP contribution in [0.25, 0.3) is 0 Å². The molecule has 0 aromatic carbocycles. The molecule has 0 heterocycles. The average Bonchev–Trinajstić information content (AvgIpc) is 1.89. The molecular weight excluding hydrogens is 108 g/mol. The van der Waals surface area contributed by atoms with Gasteiger partial charge in [-0.1, -0.05) is 12.2 Å². The van der Waals surface area contributed by atoms with E-state index in [0.29, 0.717) is 0 Å². The molecule has 49 valence electrons. The molecule has 0 aromatic heterocycles. The van der Waals surface area contributed by atoms with Gasteiger partial charge in [0.15, 0.2) is 0 Å². The van der Waals surface area contributed by atoms with Crippen molar-refractivity contribution in [2.45, 2.75) is 26.2 Å². The molecule has 0 aliphatic heterocycles. The van der Waals surface area contributed by atoms with Gasteiger partial charge in [-0.3, -0.25) is 0 Å². The Morgan fingerprint density at radius 3 is 2.89 bits per heavy atom. The van der Waals surface area contributed by atoms with Gasteiger partial charge in [-0.15, -0.1) is 11.8 Å². The van der Waals surface area contributed by atoms with Gasteiger partial charge in [-0.25, -0.2) is 0 Å². The summed E-state index contributed by atoms with van der Waals surface area (Å²) in [5.74, 6) is 5.86. The maximum absolute atomic E-state index is 3.59. The number of hydrogen-bond acceptors (Lipinski definition) is 0. The molecule has 0 unspecified atom stereocenters. The molecule has 0 spiro atoms. The zero-order valence-electron chi connectivity index (χ0n) is 5.98. The first kappa shape index (κ1) is 8.30. The fraction of sp³-hybridized carbons (Fsp3) is 0.444. The molecule has 0 amide bonds. The van der Waals surface area contributed by atoms with E-state index in [2.05, 4.69) is 24.8 Å². The van der Waals surface area contributed by atoms with Crippen LogP contribution >= 0.6 is 0 Å². The lowest BCUT2D eigenvalue weighted by Gasteiger charge is -1.84. The van der Waals surface area contributed by atoms with Crippen LogP contribution in [0.4, 0.5) is 0 Å². The van der Waals surface area contributed by atoms with Crippen LogP contribution < -0.4 is 0 Å². The average molecular weight is 121 g/mol. The van der Waals surface area contributed by atoms with Crippen molar-refractivity contribution in [1.29, 1.82) is 0 Å². The minimum Gasteiger partial charge on any atom is -0.107 e. The molecule has 0 aliphatic carbocycles. The molecule has 9 heavy (non-hydrogen) atoms. The summed E-state index contributed by atoms with van der Waals surface area (Å²) in [5, 5.41) is 0. The van der Waals surface area contributed by atoms with Gasteiger partial charge in [-0.2, -0.15) is 0 Å². The molecule has 0 aromatic rings. The van der Waals surface area contributed by atoms with E-state index in [1.54, 1.807) is 0 Å². The monoisotopic (exact) mass is 121 g/mol. The zero-order valence-corrected chi connectivity index (χ0v) is 5.98. The van der Waals surface area contributed by atoms with Crippen molar-refractivity contribution in [3.8, 4) is 11.8 Å². The lowest BCUT2D eigenvalue weighted by atomic mass is 10.2. The van der Waals surface area contributed by atoms with Gasteiger partial charge in [0.1, 0.15) is 0 Å². The second kappa shape index (κ2) is 7.30. The second-order valence-corrected chi connectivity index (χ2v) is 1.79. The Bertz CT molecular complexity index is 121. The molecule has 0 N–H and O–H groups in total. The highest BCUT2D eigenvalue weighted by molar-refractivity contribution is 4.95. The minimum absolute atomic E-state index is 1.01. The summed E-state index contributed by atoms with van der Waals surface area (Å²) in [6.45, 7) is 5.46.